The van der Waals surface area contributed by atoms with Crippen molar-refractivity contribution in [2.75, 3.05) is 0 Å². The number of rotatable bonds is 4. The number of carbonyl (C=O) groups is 1. The van der Waals surface area contributed by atoms with E-state index in [1.54, 1.807) is 19.2 Å². The minimum atomic E-state index is -0.610. The smallest absolute Gasteiger partial charge is 0.268 e. The van der Waals surface area contributed by atoms with E-state index in [-0.39, 0.29) is 11.9 Å². The second-order valence-electron chi connectivity index (χ2n) is 6.18. The number of hydrogen-bond donors (Lipinski definition) is 2. The molecule has 5 nitrogen and oxygen atoms in total. The Morgan fingerprint density at radius 1 is 1.24 bits per heavy atom. The predicted molar refractivity (Wildman–Crippen MR) is 98.7 cm³/mol. The quantitative estimate of drug-likeness (QED) is 0.746. The first-order chi connectivity index (χ1) is 11.9. The largest absolute Gasteiger partial charge is 0.387 e. The van der Waals surface area contributed by atoms with Crippen LogP contribution >= 0.6 is 11.6 Å². The van der Waals surface area contributed by atoms with Gasteiger partial charge in [0.1, 0.15) is 5.69 Å². The van der Waals surface area contributed by atoms with Crippen LogP contribution in [0, 0.1) is 0 Å². The van der Waals surface area contributed by atoms with E-state index in [2.05, 4.69) is 10.3 Å². The Morgan fingerprint density at radius 2 is 2.00 bits per heavy atom. The Labute approximate surface area is 151 Å². The van der Waals surface area contributed by atoms with Gasteiger partial charge in [-0.2, -0.15) is 0 Å². The van der Waals surface area contributed by atoms with Gasteiger partial charge in [-0.15, -0.1) is 0 Å². The summed E-state index contributed by atoms with van der Waals surface area (Å²) >= 11 is 6.04. The van der Waals surface area contributed by atoms with E-state index in [4.69, 9.17) is 11.6 Å². The van der Waals surface area contributed by atoms with Crippen LogP contribution in [0.3, 0.4) is 0 Å². The fourth-order valence-corrected chi connectivity index (χ4v) is 2.96. The first-order valence-electron chi connectivity index (χ1n) is 8.06. The SMILES string of the molecule is CC(O)c1ccc([C@@H](C)NC(=O)c2cc3ccc(Cl)cc3n2C)cn1. The summed E-state index contributed by atoms with van der Waals surface area (Å²) in [5, 5.41) is 14.1. The number of nitrogens with zero attached hydrogens (tertiary/aromatic N) is 2. The Bertz CT molecular complexity index is 916. The average molecular weight is 358 g/mol. The monoisotopic (exact) mass is 357 g/mol. The zero-order valence-corrected chi connectivity index (χ0v) is 15.1. The fraction of sp³-hybridized carbons (Fsp3) is 0.263. The van der Waals surface area contributed by atoms with Gasteiger partial charge in [-0.3, -0.25) is 9.78 Å². The molecule has 2 N–H and O–H groups in total. The number of aliphatic hydroxyl groups is 1. The van der Waals surface area contributed by atoms with E-state index in [9.17, 15) is 9.90 Å². The highest BCUT2D eigenvalue weighted by atomic mass is 35.5. The van der Waals surface area contributed by atoms with E-state index in [0.29, 0.717) is 16.4 Å². The average Bonchev–Trinajstić information content (AvgIpc) is 2.91. The van der Waals surface area contributed by atoms with Crippen LogP contribution in [-0.4, -0.2) is 20.6 Å². The molecule has 2 aromatic heterocycles. The molecule has 0 saturated carbocycles. The number of benzene rings is 1. The number of amides is 1. The molecule has 0 aliphatic heterocycles. The van der Waals surface area contributed by atoms with Crippen molar-refractivity contribution in [1.82, 2.24) is 14.9 Å². The fourth-order valence-electron chi connectivity index (χ4n) is 2.80. The van der Waals surface area contributed by atoms with Crippen LogP contribution in [-0.2, 0) is 7.05 Å². The van der Waals surface area contributed by atoms with Gasteiger partial charge in [-0.05, 0) is 43.7 Å². The summed E-state index contributed by atoms with van der Waals surface area (Å²) in [4.78, 5) is 16.9. The van der Waals surface area contributed by atoms with Gasteiger partial charge in [-0.1, -0.05) is 23.7 Å². The second kappa shape index (κ2) is 6.86. The normalized spacial score (nSPS) is 13.6. The third-order valence-corrected chi connectivity index (χ3v) is 4.56. The summed E-state index contributed by atoms with van der Waals surface area (Å²) in [5.41, 5.74) is 2.96. The highest BCUT2D eigenvalue weighted by Crippen LogP contribution is 2.23. The summed E-state index contributed by atoms with van der Waals surface area (Å²) in [6.45, 7) is 3.57. The molecular weight excluding hydrogens is 338 g/mol. The molecule has 0 bridgehead atoms. The van der Waals surface area contributed by atoms with Crippen molar-refractivity contribution in [2.45, 2.75) is 26.0 Å². The summed E-state index contributed by atoms with van der Waals surface area (Å²) in [5.74, 6) is -0.165. The molecular formula is C19H20ClN3O2. The topological polar surface area (TPSA) is 67.2 Å². The summed E-state index contributed by atoms with van der Waals surface area (Å²) in [7, 11) is 1.84. The van der Waals surface area contributed by atoms with Gasteiger partial charge in [0.15, 0.2) is 0 Å². The minimum Gasteiger partial charge on any atom is -0.387 e. The molecule has 130 valence electrons. The lowest BCUT2D eigenvalue weighted by Gasteiger charge is -2.15. The molecule has 25 heavy (non-hydrogen) atoms. The first kappa shape index (κ1) is 17.5. The maximum absolute atomic E-state index is 12.7. The molecule has 3 aromatic rings. The zero-order chi connectivity index (χ0) is 18.1. The number of fused-ring (bicyclic) bond motifs is 1. The number of aryl methyl sites for hydroxylation is 1. The van der Waals surface area contributed by atoms with Gasteiger partial charge < -0.3 is 15.0 Å². The Hall–Kier alpha value is -2.37. The predicted octanol–water partition coefficient (Wildman–Crippen LogP) is 3.77. The number of hydrogen-bond acceptors (Lipinski definition) is 3. The Kier molecular flexibility index (Phi) is 4.79. The maximum atomic E-state index is 12.7. The number of halogens is 1. The van der Waals surface area contributed by atoms with Gasteiger partial charge in [0, 0.05) is 29.2 Å². The van der Waals surface area contributed by atoms with Crippen LogP contribution in [0.25, 0.3) is 10.9 Å². The van der Waals surface area contributed by atoms with Crippen LogP contribution in [0.1, 0.15) is 47.7 Å². The molecule has 1 amide bonds. The van der Waals surface area contributed by atoms with Crippen molar-refractivity contribution in [1.29, 1.82) is 0 Å². The Morgan fingerprint density at radius 3 is 2.64 bits per heavy atom. The van der Waals surface area contributed by atoms with Gasteiger partial charge in [0.2, 0.25) is 0 Å². The van der Waals surface area contributed by atoms with Crippen molar-refractivity contribution in [3.63, 3.8) is 0 Å². The molecule has 2 heterocycles. The molecule has 6 heteroatoms. The van der Waals surface area contributed by atoms with Crippen LogP contribution in [0.2, 0.25) is 5.02 Å². The van der Waals surface area contributed by atoms with Crippen molar-refractivity contribution >= 4 is 28.4 Å². The van der Waals surface area contributed by atoms with E-state index in [1.807, 2.05) is 48.9 Å². The molecule has 0 aliphatic rings. The molecule has 0 radical (unpaired) electrons. The minimum absolute atomic E-state index is 0.165. The van der Waals surface area contributed by atoms with Crippen molar-refractivity contribution < 1.29 is 9.90 Å². The molecule has 3 rings (SSSR count). The second-order valence-corrected chi connectivity index (χ2v) is 6.62. The highest BCUT2D eigenvalue weighted by molar-refractivity contribution is 6.31. The standard InChI is InChI=1S/C19H20ClN3O2/c1-11(14-5-7-16(12(2)24)21-10-14)22-19(25)18-8-13-4-6-15(20)9-17(13)23(18)3/h4-12,24H,1-3H3,(H,22,25)/t11-,12?/m1/s1. The highest BCUT2D eigenvalue weighted by Gasteiger charge is 2.17. The zero-order valence-electron chi connectivity index (χ0n) is 14.3. The first-order valence-corrected chi connectivity index (χ1v) is 8.44. The van der Waals surface area contributed by atoms with Crippen molar-refractivity contribution in [3.8, 4) is 0 Å². The molecule has 2 atom stereocenters. The van der Waals surface area contributed by atoms with Crippen molar-refractivity contribution in [2.24, 2.45) is 7.05 Å². The molecule has 0 aliphatic carbocycles. The summed E-state index contributed by atoms with van der Waals surface area (Å²) < 4.78 is 1.83. The van der Waals surface area contributed by atoms with E-state index in [0.717, 1.165) is 16.5 Å². The number of carbonyl (C=O) groups excluding carboxylic acids is 1. The van der Waals surface area contributed by atoms with Crippen LogP contribution < -0.4 is 5.32 Å². The van der Waals surface area contributed by atoms with E-state index < -0.39 is 6.10 Å². The van der Waals surface area contributed by atoms with Gasteiger partial charge >= 0.3 is 0 Å². The van der Waals surface area contributed by atoms with Gasteiger partial charge in [0.05, 0.1) is 17.8 Å². The van der Waals surface area contributed by atoms with Gasteiger partial charge in [0.25, 0.3) is 5.91 Å². The molecule has 0 fully saturated rings. The third-order valence-electron chi connectivity index (χ3n) is 4.32. The van der Waals surface area contributed by atoms with Crippen LogP contribution in [0.5, 0.6) is 0 Å². The number of nitrogens with one attached hydrogen (secondary N) is 1. The third kappa shape index (κ3) is 3.52. The van der Waals surface area contributed by atoms with E-state index >= 15 is 0 Å². The van der Waals surface area contributed by atoms with Crippen LogP contribution in [0.4, 0.5) is 0 Å². The summed E-state index contributed by atoms with van der Waals surface area (Å²) in [6, 6.07) is 10.8. The maximum Gasteiger partial charge on any atom is 0.268 e. The molecule has 1 aromatic carbocycles. The molecule has 1 unspecified atom stereocenters. The lowest BCUT2D eigenvalue weighted by Crippen LogP contribution is -2.28. The molecule has 0 saturated heterocycles. The lowest BCUT2D eigenvalue weighted by molar-refractivity contribution is 0.0932. The van der Waals surface area contributed by atoms with Gasteiger partial charge in [-0.25, -0.2) is 0 Å². The lowest BCUT2D eigenvalue weighted by atomic mass is 10.1. The number of pyridine rings is 1. The molecule has 0 spiro atoms. The van der Waals surface area contributed by atoms with Crippen molar-refractivity contribution in [3.05, 3.63) is 64.6 Å². The van der Waals surface area contributed by atoms with E-state index in [1.165, 1.54) is 0 Å². The van der Waals surface area contributed by atoms with Crippen LogP contribution in [0.15, 0.2) is 42.6 Å². The summed E-state index contributed by atoms with van der Waals surface area (Å²) in [6.07, 6.45) is 1.07. The number of aromatic nitrogens is 2. The number of aliphatic hydroxyl groups excluding tert-OH is 1. The Balaban J connectivity index is 1.80.